The summed E-state index contributed by atoms with van der Waals surface area (Å²) in [4.78, 5) is 36.8. The van der Waals surface area contributed by atoms with Gasteiger partial charge in [-0.1, -0.05) is 60.7 Å². The fourth-order valence-corrected chi connectivity index (χ4v) is 2.98. The minimum Gasteiger partial charge on any atom is -0.480 e. The quantitative estimate of drug-likeness (QED) is 0.478. The largest absolute Gasteiger partial charge is 0.480 e. The molecule has 0 unspecified atom stereocenters. The molecule has 1 aliphatic rings. The average molecular weight is 414 g/mol. The van der Waals surface area contributed by atoms with Crippen molar-refractivity contribution in [1.29, 1.82) is 0 Å². The molecule has 2 atom stereocenters. The van der Waals surface area contributed by atoms with Gasteiger partial charge in [-0.3, -0.25) is 0 Å². The molecule has 2 aromatic rings. The number of hydrogen-bond acceptors (Lipinski definition) is 6. The van der Waals surface area contributed by atoms with E-state index in [1.54, 1.807) is 24.3 Å². The van der Waals surface area contributed by atoms with Crippen LogP contribution in [0.4, 0.5) is 9.59 Å². The van der Waals surface area contributed by atoms with Crippen LogP contribution in [0.15, 0.2) is 60.7 Å². The minimum atomic E-state index is -1.45. The lowest BCUT2D eigenvalue weighted by atomic mass is 10.1. The molecular formula is C21H22N2O7. The summed E-state index contributed by atoms with van der Waals surface area (Å²) in [5.74, 6) is -1.34. The first-order valence-electron chi connectivity index (χ1n) is 9.29. The van der Waals surface area contributed by atoms with Gasteiger partial charge in [-0.05, 0) is 11.1 Å². The molecule has 1 saturated heterocycles. The van der Waals surface area contributed by atoms with E-state index in [4.69, 9.17) is 14.2 Å². The van der Waals surface area contributed by atoms with Crippen molar-refractivity contribution < 1.29 is 33.7 Å². The summed E-state index contributed by atoms with van der Waals surface area (Å²) < 4.78 is 15.8. The Bertz CT molecular complexity index is 860. The van der Waals surface area contributed by atoms with Gasteiger partial charge < -0.3 is 24.6 Å². The minimum absolute atomic E-state index is 0.0791. The van der Waals surface area contributed by atoms with Crippen molar-refractivity contribution in [2.75, 3.05) is 13.4 Å². The Kier molecular flexibility index (Phi) is 7.36. The number of carbonyl (C=O) groups excluding carboxylic acids is 2. The Morgan fingerprint density at radius 3 is 2.13 bits per heavy atom. The monoisotopic (exact) mass is 414 g/mol. The number of carboxylic acids is 1. The summed E-state index contributed by atoms with van der Waals surface area (Å²) in [6.45, 7) is 0.0223. The predicted octanol–water partition coefficient (Wildman–Crippen LogP) is 2.36. The summed E-state index contributed by atoms with van der Waals surface area (Å²) in [6.07, 6.45) is -1.04. The number of imide groups is 1. The van der Waals surface area contributed by atoms with Crippen LogP contribution in [0.1, 0.15) is 11.1 Å². The zero-order valence-corrected chi connectivity index (χ0v) is 16.1. The molecule has 1 fully saturated rings. The number of rotatable bonds is 9. The van der Waals surface area contributed by atoms with Crippen LogP contribution in [0.25, 0.3) is 0 Å². The van der Waals surface area contributed by atoms with E-state index in [0.717, 1.165) is 5.56 Å². The highest BCUT2D eigenvalue weighted by Crippen LogP contribution is 2.17. The van der Waals surface area contributed by atoms with Crippen LogP contribution in [0.5, 0.6) is 0 Å². The van der Waals surface area contributed by atoms with E-state index in [9.17, 15) is 19.5 Å². The van der Waals surface area contributed by atoms with Crippen molar-refractivity contribution >= 4 is 18.1 Å². The van der Waals surface area contributed by atoms with Gasteiger partial charge in [-0.25, -0.2) is 19.3 Å². The summed E-state index contributed by atoms with van der Waals surface area (Å²) in [5, 5.41) is 12.0. The number of ether oxygens (including phenoxy) is 3. The Hall–Kier alpha value is -3.43. The van der Waals surface area contributed by atoms with E-state index in [1.807, 2.05) is 36.4 Å². The summed E-state index contributed by atoms with van der Waals surface area (Å²) in [6, 6.07) is 15.1. The van der Waals surface area contributed by atoms with Gasteiger partial charge in [0.1, 0.15) is 13.4 Å². The number of carboxylic acid groups (broad SMARTS) is 1. The lowest BCUT2D eigenvalue weighted by Crippen LogP contribution is -2.47. The highest BCUT2D eigenvalue weighted by molar-refractivity contribution is 5.99. The third-order valence-corrected chi connectivity index (χ3v) is 4.42. The molecule has 0 bridgehead atoms. The summed E-state index contributed by atoms with van der Waals surface area (Å²) in [7, 11) is 0. The zero-order chi connectivity index (χ0) is 21.3. The van der Waals surface area contributed by atoms with Crippen molar-refractivity contribution in [2.45, 2.75) is 25.3 Å². The van der Waals surface area contributed by atoms with Crippen molar-refractivity contribution in [1.82, 2.24) is 10.2 Å². The van der Waals surface area contributed by atoms with Gasteiger partial charge in [0.15, 0.2) is 6.04 Å². The van der Waals surface area contributed by atoms with Gasteiger partial charge in [0.2, 0.25) is 0 Å². The zero-order valence-electron chi connectivity index (χ0n) is 16.1. The number of carbonyl (C=O) groups is 3. The Morgan fingerprint density at radius 2 is 1.53 bits per heavy atom. The van der Waals surface area contributed by atoms with Gasteiger partial charge in [0.05, 0.1) is 19.3 Å². The smallest absolute Gasteiger partial charge is 0.419 e. The van der Waals surface area contributed by atoms with Gasteiger partial charge in [-0.2, -0.15) is 0 Å². The van der Waals surface area contributed by atoms with E-state index >= 15 is 0 Å². The number of nitrogens with one attached hydrogen (secondary N) is 1. The summed E-state index contributed by atoms with van der Waals surface area (Å²) in [5.41, 5.74) is 1.68. The molecule has 30 heavy (non-hydrogen) atoms. The van der Waals surface area contributed by atoms with Crippen LogP contribution >= 0.6 is 0 Å². The van der Waals surface area contributed by atoms with E-state index in [-0.39, 0.29) is 20.0 Å². The number of aliphatic carboxylic acids is 1. The van der Waals surface area contributed by atoms with E-state index in [2.05, 4.69) is 5.32 Å². The molecule has 0 saturated carbocycles. The number of nitrogens with zero attached hydrogens (tertiary/aromatic N) is 1. The topological polar surface area (TPSA) is 114 Å². The molecular weight excluding hydrogens is 392 g/mol. The Balaban J connectivity index is 1.50. The molecule has 158 valence electrons. The fourth-order valence-electron chi connectivity index (χ4n) is 2.98. The molecule has 9 nitrogen and oxygen atoms in total. The first kappa shape index (κ1) is 21.3. The molecule has 3 amide bonds. The van der Waals surface area contributed by atoms with E-state index in [0.29, 0.717) is 17.1 Å². The number of benzene rings is 2. The molecule has 1 aliphatic heterocycles. The van der Waals surface area contributed by atoms with Gasteiger partial charge >= 0.3 is 18.1 Å². The average Bonchev–Trinajstić information content (AvgIpc) is 3.09. The van der Waals surface area contributed by atoms with Crippen molar-refractivity contribution in [2.24, 2.45) is 0 Å². The molecule has 0 spiro atoms. The maximum atomic E-state index is 12.3. The van der Waals surface area contributed by atoms with Crippen molar-refractivity contribution in [3.05, 3.63) is 71.8 Å². The summed E-state index contributed by atoms with van der Waals surface area (Å²) >= 11 is 0. The van der Waals surface area contributed by atoms with Crippen LogP contribution in [0.3, 0.4) is 0 Å². The molecule has 1 heterocycles. The van der Waals surface area contributed by atoms with Gasteiger partial charge in [0, 0.05) is 0 Å². The normalized spacial score (nSPS) is 18.1. The van der Waals surface area contributed by atoms with Crippen molar-refractivity contribution in [3.8, 4) is 0 Å². The highest BCUT2D eigenvalue weighted by atomic mass is 16.7. The lowest BCUT2D eigenvalue weighted by molar-refractivity contribution is -0.143. The van der Waals surface area contributed by atoms with Gasteiger partial charge in [-0.15, -0.1) is 0 Å². The molecule has 2 aromatic carbocycles. The second-order valence-electron chi connectivity index (χ2n) is 6.57. The number of urea groups is 1. The molecule has 2 N–H and O–H groups in total. The van der Waals surface area contributed by atoms with Crippen LogP contribution < -0.4 is 5.32 Å². The van der Waals surface area contributed by atoms with Crippen LogP contribution in [-0.4, -0.2) is 53.6 Å². The first-order chi connectivity index (χ1) is 14.6. The molecule has 0 aromatic heterocycles. The fraction of sp³-hybridized carbons (Fsp3) is 0.286. The number of hydrogen-bond donors (Lipinski definition) is 2. The van der Waals surface area contributed by atoms with Crippen molar-refractivity contribution in [3.63, 3.8) is 0 Å². The molecule has 0 radical (unpaired) electrons. The molecule has 3 rings (SSSR count). The Morgan fingerprint density at radius 1 is 0.933 bits per heavy atom. The SMILES string of the molecule is O=C(O)[C@@H]1[C@H](COCOCc2ccccc2)NC(=O)N1C(=O)OCc1ccccc1. The maximum absolute atomic E-state index is 12.3. The Labute approximate surface area is 173 Å². The second kappa shape index (κ2) is 10.4. The highest BCUT2D eigenvalue weighted by Gasteiger charge is 2.48. The van der Waals surface area contributed by atoms with Crippen LogP contribution in [0, 0.1) is 0 Å². The maximum Gasteiger partial charge on any atom is 0.419 e. The van der Waals surface area contributed by atoms with Crippen LogP contribution in [0.2, 0.25) is 0 Å². The standard InChI is InChI=1S/C21H22N2O7/c24-19(25)18-17(13-29-14-28-11-15-7-3-1-4-8-15)22-20(26)23(18)21(27)30-12-16-9-5-2-6-10-16/h1-10,17-18H,11-14H2,(H,22,26)(H,24,25)/t17-,18-/m0/s1. The number of amides is 3. The van der Waals surface area contributed by atoms with Crippen LogP contribution in [-0.2, 0) is 32.2 Å². The third kappa shape index (κ3) is 5.56. The van der Waals surface area contributed by atoms with E-state index < -0.39 is 30.2 Å². The van der Waals surface area contributed by atoms with Gasteiger partial charge in [0.25, 0.3) is 0 Å². The van der Waals surface area contributed by atoms with E-state index in [1.165, 1.54) is 0 Å². The molecule has 0 aliphatic carbocycles. The molecule has 9 heteroatoms. The third-order valence-electron chi connectivity index (χ3n) is 4.42. The lowest BCUT2D eigenvalue weighted by Gasteiger charge is -2.20. The second-order valence-corrected chi connectivity index (χ2v) is 6.57. The first-order valence-corrected chi connectivity index (χ1v) is 9.29. The predicted molar refractivity (Wildman–Crippen MR) is 104 cm³/mol.